The Labute approximate surface area is 166 Å². The van der Waals surface area contributed by atoms with Crippen LogP contribution in [0.3, 0.4) is 0 Å². The molecule has 0 bridgehead atoms. The maximum Gasteiger partial charge on any atom is 0.338 e. The molecular formula is C21H19FN2O5. The number of carbonyl (C=O) groups is 4. The molecule has 3 rings (SSSR count). The fourth-order valence-corrected chi connectivity index (χ4v) is 2.83. The van der Waals surface area contributed by atoms with Crippen molar-refractivity contribution in [2.45, 2.75) is 26.3 Å². The number of hydrogen-bond donors (Lipinski definition) is 1. The zero-order valence-corrected chi connectivity index (χ0v) is 15.9. The molecule has 0 aliphatic carbocycles. The third-order valence-electron chi connectivity index (χ3n) is 4.56. The summed E-state index contributed by atoms with van der Waals surface area (Å²) in [6, 6.07) is 8.86. The lowest BCUT2D eigenvalue weighted by atomic mass is 10.1. The summed E-state index contributed by atoms with van der Waals surface area (Å²) in [6.07, 6.45) is 0.741. The summed E-state index contributed by atoms with van der Waals surface area (Å²) in [7, 11) is 0. The molecule has 0 saturated heterocycles. The summed E-state index contributed by atoms with van der Waals surface area (Å²) in [4.78, 5) is 50.1. The van der Waals surface area contributed by atoms with Gasteiger partial charge in [0.25, 0.3) is 17.7 Å². The van der Waals surface area contributed by atoms with Crippen LogP contribution in [0.4, 0.5) is 10.1 Å². The second kappa shape index (κ2) is 8.22. The van der Waals surface area contributed by atoms with Gasteiger partial charge in [-0.05, 0) is 55.8 Å². The van der Waals surface area contributed by atoms with E-state index in [1.807, 2.05) is 13.8 Å². The van der Waals surface area contributed by atoms with E-state index in [1.165, 1.54) is 30.3 Å². The molecule has 0 spiro atoms. The van der Waals surface area contributed by atoms with Gasteiger partial charge in [-0.25, -0.2) is 14.1 Å². The third kappa shape index (κ3) is 4.16. The fraction of sp³-hybridized carbons (Fsp3) is 0.238. The van der Waals surface area contributed by atoms with E-state index < -0.39 is 36.1 Å². The van der Waals surface area contributed by atoms with Crippen LogP contribution in [-0.4, -0.2) is 36.3 Å². The minimum absolute atomic E-state index is 0.0396. The molecule has 0 saturated carbocycles. The van der Waals surface area contributed by atoms with Crippen LogP contribution in [0.25, 0.3) is 0 Å². The molecule has 1 aliphatic heterocycles. The molecule has 2 aromatic rings. The first-order valence-electron chi connectivity index (χ1n) is 9.06. The van der Waals surface area contributed by atoms with Gasteiger partial charge in [0.2, 0.25) is 0 Å². The second-order valence-electron chi connectivity index (χ2n) is 6.64. The van der Waals surface area contributed by atoms with E-state index in [4.69, 9.17) is 4.74 Å². The van der Waals surface area contributed by atoms with E-state index in [0.29, 0.717) is 0 Å². The van der Waals surface area contributed by atoms with Gasteiger partial charge in [-0.15, -0.1) is 0 Å². The van der Waals surface area contributed by atoms with E-state index in [1.54, 1.807) is 0 Å². The summed E-state index contributed by atoms with van der Waals surface area (Å²) in [5, 5.41) is 2.67. The smallest absolute Gasteiger partial charge is 0.338 e. The molecule has 0 aromatic heterocycles. The Morgan fingerprint density at radius 2 is 1.72 bits per heavy atom. The molecule has 1 aliphatic rings. The van der Waals surface area contributed by atoms with Crippen molar-refractivity contribution in [3.05, 3.63) is 65.0 Å². The summed E-state index contributed by atoms with van der Waals surface area (Å²) in [5.41, 5.74) is 0.439. The normalized spacial score (nSPS) is 13.8. The Bertz CT molecular complexity index is 987. The van der Waals surface area contributed by atoms with Crippen LogP contribution in [-0.2, 0) is 9.53 Å². The largest absolute Gasteiger partial charge is 0.452 e. The maximum atomic E-state index is 13.1. The van der Waals surface area contributed by atoms with Crippen molar-refractivity contribution in [3.63, 3.8) is 0 Å². The van der Waals surface area contributed by atoms with E-state index in [2.05, 4.69) is 5.32 Å². The molecule has 7 nitrogen and oxygen atoms in total. The average molecular weight is 398 g/mol. The van der Waals surface area contributed by atoms with Gasteiger partial charge in [-0.3, -0.25) is 14.4 Å². The van der Waals surface area contributed by atoms with E-state index in [0.717, 1.165) is 23.5 Å². The highest BCUT2D eigenvalue weighted by Crippen LogP contribution is 2.29. The molecule has 1 heterocycles. The number of anilines is 1. The standard InChI is InChI=1S/C21H19FN2O5/c1-3-12(2)23-18(25)11-29-21(28)13-4-9-16-17(10-13)20(27)24(19(16)26)15-7-5-14(22)6-8-15/h4-10,12H,3,11H2,1-2H3,(H,23,25)/t12-/m0/s1. The zero-order valence-electron chi connectivity index (χ0n) is 15.9. The van der Waals surface area contributed by atoms with Gasteiger partial charge >= 0.3 is 5.97 Å². The number of amides is 3. The lowest BCUT2D eigenvalue weighted by Gasteiger charge is -2.13. The number of fused-ring (bicyclic) bond motifs is 1. The molecule has 0 fully saturated rings. The minimum Gasteiger partial charge on any atom is -0.452 e. The molecule has 1 N–H and O–H groups in total. The number of nitrogens with one attached hydrogen (secondary N) is 1. The first-order valence-corrected chi connectivity index (χ1v) is 9.06. The van der Waals surface area contributed by atoms with Crippen molar-refractivity contribution in [1.29, 1.82) is 0 Å². The molecule has 2 aromatic carbocycles. The molecule has 1 atom stereocenters. The maximum absolute atomic E-state index is 13.1. The quantitative estimate of drug-likeness (QED) is 0.597. The third-order valence-corrected chi connectivity index (χ3v) is 4.56. The Morgan fingerprint density at radius 1 is 1.07 bits per heavy atom. The molecule has 0 radical (unpaired) electrons. The van der Waals surface area contributed by atoms with Crippen LogP contribution >= 0.6 is 0 Å². The van der Waals surface area contributed by atoms with E-state index in [9.17, 15) is 23.6 Å². The van der Waals surface area contributed by atoms with E-state index in [-0.39, 0.29) is 28.4 Å². The molecule has 3 amide bonds. The average Bonchev–Trinajstić information content (AvgIpc) is 2.96. The summed E-state index contributed by atoms with van der Waals surface area (Å²) in [6.45, 7) is 3.29. The van der Waals surface area contributed by atoms with Crippen LogP contribution in [0.1, 0.15) is 51.3 Å². The number of benzene rings is 2. The Morgan fingerprint density at radius 3 is 2.38 bits per heavy atom. The van der Waals surface area contributed by atoms with Crippen LogP contribution in [0, 0.1) is 5.82 Å². The highest BCUT2D eigenvalue weighted by molar-refractivity contribution is 6.34. The van der Waals surface area contributed by atoms with Crippen molar-refractivity contribution in [2.24, 2.45) is 0 Å². The van der Waals surface area contributed by atoms with Gasteiger partial charge in [0.05, 0.1) is 22.4 Å². The fourth-order valence-electron chi connectivity index (χ4n) is 2.83. The van der Waals surface area contributed by atoms with Crippen molar-refractivity contribution < 1.29 is 28.3 Å². The Balaban J connectivity index is 1.75. The number of carbonyl (C=O) groups excluding carboxylic acids is 4. The number of nitrogens with zero attached hydrogens (tertiary/aromatic N) is 1. The second-order valence-corrected chi connectivity index (χ2v) is 6.64. The first kappa shape index (κ1) is 20.2. The lowest BCUT2D eigenvalue weighted by Crippen LogP contribution is -2.35. The lowest BCUT2D eigenvalue weighted by molar-refractivity contribution is -0.124. The SMILES string of the molecule is CC[C@H](C)NC(=O)COC(=O)c1ccc2c(c1)C(=O)N(c1ccc(F)cc1)C2=O. The zero-order chi connectivity index (χ0) is 21.1. The molecule has 8 heteroatoms. The highest BCUT2D eigenvalue weighted by Gasteiger charge is 2.37. The number of halogens is 1. The first-order chi connectivity index (χ1) is 13.8. The van der Waals surface area contributed by atoms with Crippen LogP contribution in [0.5, 0.6) is 0 Å². The van der Waals surface area contributed by atoms with Gasteiger partial charge in [0.1, 0.15) is 5.82 Å². The number of hydrogen-bond acceptors (Lipinski definition) is 5. The predicted molar refractivity (Wildman–Crippen MR) is 102 cm³/mol. The summed E-state index contributed by atoms with van der Waals surface area (Å²) in [5.74, 6) is -2.90. The van der Waals surface area contributed by atoms with E-state index >= 15 is 0 Å². The summed E-state index contributed by atoms with van der Waals surface area (Å²) < 4.78 is 18.1. The molecule has 29 heavy (non-hydrogen) atoms. The van der Waals surface area contributed by atoms with Gasteiger partial charge in [0, 0.05) is 6.04 Å². The topological polar surface area (TPSA) is 92.8 Å². The van der Waals surface area contributed by atoms with Crippen molar-refractivity contribution in [2.75, 3.05) is 11.5 Å². The number of rotatable bonds is 6. The molecule has 150 valence electrons. The van der Waals surface area contributed by atoms with Crippen molar-refractivity contribution >= 4 is 29.4 Å². The van der Waals surface area contributed by atoms with Crippen molar-refractivity contribution in [1.82, 2.24) is 5.32 Å². The highest BCUT2D eigenvalue weighted by atomic mass is 19.1. The predicted octanol–water partition coefficient (Wildman–Crippen LogP) is 2.70. The summed E-state index contributed by atoms with van der Waals surface area (Å²) >= 11 is 0. The van der Waals surface area contributed by atoms with Gasteiger partial charge in [-0.1, -0.05) is 6.92 Å². The number of imide groups is 1. The van der Waals surface area contributed by atoms with Crippen LogP contribution in [0.15, 0.2) is 42.5 Å². The molecular weight excluding hydrogens is 379 g/mol. The van der Waals surface area contributed by atoms with Crippen LogP contribution < -0.4 is 10.2 Å². The Hall–Kier alpha value is -3.55. The monoisotopic (exact) mass is 398 g/mol. The molecule has 0 unspecified atom stereocenters. The number of esters is 1. The van der Waals surface area contributed by atoms with Crippen LogP contribution in [0.2, 0.25) is 0 Å². The minimum atomic E-state index is -0.785. The van der Waals surface area contributed by atoms with Gasteiger partial charge in [0.15, 0.2) is 6.61 Å². The van der Waals surface area contributed by atoms with Crippen molar-refractivity contribution in [3.8, 4) is 0 Å². The van der Waals surface area contributed by atoms with Gasteiger partial charge in [-0.2, -0.15) is 0 Å². The Kier molecular flexibility index (Phi) is 5.72. The van der Waals surface area contributed by atoms with Gasteiger partial charge < -0.3 is 10.1 Å². The number of ether oxygens (including phenoxy) is 1.